The standard InChI is InChI=1S/C8H5BrF3NO2S/c1-4-2-3-5(13(14)15)7(6(4)9)16-8(10,11)12/h2-3H,1H3. The molecule has 0 aromatic heterocycles. The summed E-state index contributed by atoms with van der Waals surface area (Å²) in [5.41, 5.74) is -4.60. The van der Waals surface area contributed by atoms with Crippen molar-refractivity contribution in [2.75, 3.05) is 0 Å². The quantitative estimate of drug-likeness (QED) is 0.465. The van der Waals surface area contributed by atoms with Gasteiger partial charge in [0.1, 0.15) is 4.90 Å². The second-order valence-corrected chi connectivity index (χ2v) is 4.72. The van der Waals surface area contributed by atoms with E-state index in [1.165, 1.54) is 6.07 Å². The fraction of sp³-hybridized carbons (Fsp3) is 0.250. The van der Waals surface area contributed by atoms with Crippen LogP contribution in [0.15, 0.2) is 21.5 Å². The lowest BCUT2D eigenvalue weighted by atomic mass is 10.2. The third kappa shape index (κ3) is 3.11. The highest BCUT2D eigenvalue weighted by molar-refractivity contribution is 9.10. The van der Waals surface area contributed by atoms with Crippen LogP contribution < -0.4 is 0 Å². The molecule has 0 saturated carbocycles. The molecule has 1 rings (SSSR count). The normalized spacial score (nSPS) is 11.6. The summed E-state index contributed by atoms with van der Waals surface area (Å²) in [7, 11) is 0. The summed E-state index contributed by atoms with van der Waals surface area (Å²) >= 11 is 2.43. The van der Waals surface area contributed by atoms with E-state index in [0.717, 1.165) is 6.07 Å². The van der Waals surface area contributed by atoms with Gasteiger partial charge >= 0.3 is 5.51 Å². The number of hydrogen-bond acceptors (Lipinski definition) is 3. The average molecular weight is 316 g/mol. The Kier molecular flexibility index (Phi) is 3.84. The molecule has 0 aliphatic rings. The summed E-state index contributed by atoms with van der Waals surface area (Å²) in [6.07, 6.45) is 0. The molecule has 0 bridgehead atoms. The first-order valence-corrected chi connectivity index (χ1v) is 5.52. The number of alkyl halides is 3. The second kappa shape index (κ2) is 4.62. The van der Waals surface area contributed by atoms with Gasteiger partial charge < -0.3 is 0 Å². The van der Waals surface area contributed by atoms with Crippen molar-refractivity contribution in [1.82, 2.24) is 0 Å². The number of nitro groups is 1. The highest BCUT2D eigenvalue weighted by Gasteiger charge is 2.34. The molecule has 0 N–H and O–H groups in total. The lowest BCUT2D eigenvalue weighted by Gasteiger charge is -2.09. The van der Waals surface area contributed by atoms with Gasteiger partial charge in [0.05, 0.1) is 4.92 Å². The Balaban J connectivity index is 3.32. The molecule has 88 valence electrons. The molecule has 3 nitrogen and oxygen atoms in total. The zero-order valence-corrected chi connectivity index (χ0v) is 10.2. The fourth-order valence-electron chi connectivity index (χ4n) is 1.00. The number of nitro benzene ring substituents is 1. The van der Waals surface area contributed by atoms with Crippen molar-refractivity contribution in [1.29, 1.82) is 0 Å². The van der Waals surface area contributed by atoms with Gasteiger partial charge in [-0.1, -0.05) is 6.07 Å². The van der Waals surface area contributed by atoms with E-state index >= 15 is 0 Å². The molecular weight excluding hydrogens is 311 g/mol. The lowest BCUT2D eigenvalue weighted by molar-refractivity contribution is -0.387. The zero-order chi connectivity index (χ0) is 12.5. The zero-order valence-electron chi connectivity index (χ0n) is 7.84. The Morgan fingerprint density at radius 3 is 2.44 bits per heavy atom. The van der Waals surface area contributed by atoms with Crippen LogP contribution in [-0.4, -0.2) is 10.4 Å². The molecule has 0 radical (unpaired) electrons. The molecule has 0 fully saturated rings. The van der Waals surface area contributed by atoms with Crippen molar-refractivity contribution < 1.29 is 18.1 Å². The molecule has 0 amide bonds. The van der Waals surface area contributed by atoms with Crippen LogP contribution in [0.1, 0.15) is 5.56 Å². The van der Waals surface area contributed by atoms with Gasteiger partial charge in [0.25, 0.3) is 5.69 Å². The van der Waals surface area contributed by atoms with Crippen molar-refractivity contribution >= 4 is 33.4 Å². The molecule has 0 saturated heterocycles. The van der Waals surface area contributed by atoms with Crippen molar-refractivity contribution in [2.45, 2.75) is 17.3 Å². The van der Waals surface area contributed by atoms with Crippen LogP contribution in [-0.2, 0) is 0 Å². The predicted octanol–water partition coefficient (Wildman–Crippen LogP) is 4.28. The average Bonchev–Trinajstić information content (AvgIpc) is 2.10. The first-order valence-electron chi connectivity index (χ1n) is 3.91. The molecule has 0 unspecified atom stereocenters. The van der Waals surface area contributed by atoms with E-state index in [2.05, 4.69) is 15.9 Å². The van der Waals surface area contributed by atoms with Crippen LogP contribution in [0, 0.1) is 17.0 Å². The summed E-state index contributed by atoms with van der Waals surface area (Å²) in [6, 6.07) is 2.46. The highest BCUT2D eigenvalue weighted by Crippen LogP contribution is 2.45. The third-order valence-corrected chi connectivity index (χ3v) is 3.82. The van der Waals surface area contributed by atoms with E-state index in [0.29, 0.717) is 5.56 Å². The van der Waals surface area contributed by atoms with E-state index in [4.69, 9.17) is 0 Å². The van der Waals surface area contributed by atoms with Crippen molar-refractivity contribution in [3.05, 3.63) is 32.3 Å². The van der Waals surface area contributed by atoms with Gasteiger partial charge in [-0.15, -0.1) is 0 Å². The van der Waals surface area contributed by atoms with Gasteiger partial charge in [-0.2, -0.15) is 13.2 Å². The van der Waals surface area contributed by atoms with E-state index in [-0.39, 0.29) is 4.47 Å². The van der Waals surface area contributed by atoms with Crippen molar-refractivity contribution in [3.8, 4) is 0 Å². The van der Waals surface area contributed by atoms with Crippen molar-refractivity contribution in [3.63, 3.8) is 0 Å². The smallest absolute Gasteiger partial charge is 0.258 e. The van der Waals surface area contributed by atoms with Crippen LogP contribution in [0.5, 0.6) is 0 Å². The van der Waals surface area contributed by atoms with Gasteiger partial charge in [-0.25, -0.2) is 0 Å². The van der Waals surface area contributed by atoms with E-state index in [1.54, 1.807) is 6.92 Å². The molecular formula is C8H5BrF3NO2S. The molecule has 0 atom stereocenters. The monoisotopic (exact) mass is 315 g/mol. The minimum atomic E-state index is -4.55. The van der Waals surface area contributed by atoms with Crippen LogP contribution in [0.2, 0.25) is 0 Å². The first kappa shape index (κ1) is 13.3. The maximum absolute atomic E-state index is 12.2. The van der Waals surface area contributed by atoms with E-state index in [9.17, 15) is 23.3 Å². The summed E-state index contributed by atoms with van der Waals surface area (Å²) in [6.45, 7) is 1.56. The number of halogens is 4. The molecule has 1 aromatic carbocycles. The number of benzene rings is 1. The molecule has 0 spiro atoms. The second-order valence-electron chi connectivity index (χ2n) is 2.85. The van der Waals surface area contributed by atoms with Gasteiger partial charge in [-0.05, 0) is 40.2 Å². The van der Waals surface area contributed by atoms with E-state index in [1.807, 2.05) is 0 Å². The predicted molar refractivity (Wildman–Crippen MR) is 57.4 cm³/mol. The number of thioether (sulfide) groups is 1. The minimum Gasteiger partial charge on any atom is -0.258 e. The maximum Gasteiger partial charge on any atom is 0.446 e. The van der Waals surface area contributed by atoms with Crippen LogP contribution in [0.4, 0.5) is 18.9 Å². The van der Waals surface area contributed by atoms with Crippen molar-refractivity contribution in [2.24, 2.45) is 0 Å². The Hall–Kier alpha value is -0.760. The molecule has 0 heterocycles. The molecule has 0 aliphatic carbocycles. The Bertz CT molecular complexity index is 436. The van der Waals surface area contributed by atoms with Gasteiger partial charge in [0.2, 0.25) is 0 Å². The van der Waals surface area contributed by atoms with E-state index < -0.39 is 32.8 Å². The van der Waals surface area contributed by atoms with Crippen LogP contribution in [0.25, 0.3) is 0 Å². The number of nitrogens with zero attached hydrogens (tertiary/aromatic N) is 1. The molecule has 16 heavy (non-hydrogen) atoms. The fourth-order valence-corrected chi connectivity index (χ4v) is 2.31. The first-order chi connectivity index (χ1) is 7.22. The Morgan fingerprint density at radius 2 is 2.00 bits per heavy atom. The SMILES string of the molecule is Cc1ccc([N+](=O)[O-])c(SC(F)(F)F)c1Br. The highest BCUT2D eigenvalue weighted by atomic mass is 79.9. The van der Waals surface area contributed by atoms with Gasteiger partial charge in [-0.3, -0.25) is 10.1 Å². The third-order valence-electron chi connectivity index (χ3n) is 1.68. The molecule has 8 heteroatoms. The largest absolute Gasteiger partial charge is 0.446 e. The molecule has 1 aromatic rings. The number of hydrogen-bond donors (Lipinski definition) is 0. The summed E-state index contributed by atoms with van der Waals surface area (Å²) in [4.78, 5) is 9.32. The summed E-state index contributed by atoms with van der Waals surface area (Å²) in [5, 5.41) is 10.6. The van der Waals surface area contributed by atoms with Crippen LogP contribution >= 0.6 is 27.7 Å². The summed E-state index contributed by atoms with van der Waals surface area (Å²) < 4.78 is 36.7. The Labute approximate surface area is 101 Å². The molecule has 0 aliphatic heterocycles. The number of aryl methyl sites for hydroxylation is 1. The van der Waals surface area contributed by atoms with Gasteiger partial charge in [0, 0.05) is 10.5 Å². The Morgan fingerprint density at radius 1 is 1.44 bits per heavy atom. The number of rotatable bonds is 2. The maximum atomic E-state index is 12.2. The minimum absolute atomic E-state index is 0.101. The summed E-state index contributed by atoms with van der Waals surface area (Å²) in [5.74, 6) is 0. The topological polar surface area (TPSA) is 43.1 Å². The van der Waals surface area contributed by atoms with Gasteiger partial charge in [0.15, 0.2) is 0 Å². The lowest BCUT2D eigenvalue weighted by Crippen LogP contribution is -2.02. The van der Waals surface area contributed by atoms with Crippen LogP contribution in [0.3, 0.4) is 0 Å².